The van der Waals surface area contributed by atoms with Crippen LogP contribution in [0, 0.1) is 11.8 Å². The molecule has 0 heterocycles. The summed E-state index contributed by atoms with van der Waals surface area (Å²) in [5.74, 6) is 0.663. The quantitative estimate of drug-likeness (QED) is 0.793. The number of carbonyl (C=O) groups is 1. The fourth-order valence-electron chi connectivity index (χ4n) is 2.45. The molecule has 0 aliphatic carbocycles. The van der Waals surface area contributed by atoms with E-state index in [1.54, 1.807) is 0 Å². The lowest BCUT2D eigenvalue weighted by Gasteiger charge is -2.24. The van der Waals surface area contributed by atoms with Crippen LogP contribution in [0.3, 0.4) is 0 Å². The van der Waals surface area contributed by atoms with Crippen LogP contribution in [0.4, 0.5) is 0 Å². The molecule has 1 aromatic rings. The van der Waals surface area contributed by atoms with E-state index in [2.05, 4.69) is 38.1 Å². The maximum Gasteiger partial charge on any atom is 0.226 e. The summed E-state index contributed by atoms with van der Waals surface area (Å²) in [4.78, 5) is 14.1. The van der Waals surface area contributed by atoms with E-state index in [9.17, 15) is 4.79 Å². The summed E-state index contributed by atoms with van der Waals surface area (Å²) in [5, 5.41) is 0. The lowest BCUT2D eigenvalue weighted by molar-refractivity contribution is -0.134. The smallest absolute Gasteiger partial charge is 0.226 e. The number of benzene rings is 1. The molecule has 2 N–H and O–H groups in total. The van der Waals surface area contributed by atoms with Crippen molar-refractivity contribution in [2.45, 2.75) is 33.1 Å². The summed E-state index contributed by atoms with van der Waals surface area (Å²) in [6, 6.07) is 10.4. The highest BCUT2D eigenvalue weighted by molar-refractivity contribution is 5.78. The third kappa shape index (κ3) is 5.74. The average molecular weight is 276 g/mol. The van der Waals surface area contributed by atoms with Gasteiger partial charge in [-0.15, -0.1) is 0 Å². The van der Waals surface area contributed by atoms with E-state index in [0.717, 1.165) is 25.8 Å². The van der Waals surface area contributed by atoms with Gasteiger partial charge in [-0.2, -0.15) is 0 Å². The minimum atomic E-state index is -0.0308. The first-order chi connectivity index (χ1) is 9.54. The molecule has 112 valence electrons. The van der Waals surface area contributed by atoms with Crippen molar-refractivity contribution < 1.29 is 4.79 Å². The Morgan fingerprint density at radius 2 is 1.90 bits per heavy atom. The number of aryl methyl sites for hydroxylation is 1. The molecule has 3 heteroatoms. The molecule has 1 aromatic carbocycles. The fourth-order valence-corrected chi connectivity index (χ4v) is 2.45. The van der Waals surface area contributed by atoms with E-state index in [0.29, 0.717) is 12.5 Å². The summed E-state index contributed by atoms with van der Waals surface area (Å²) < 4.78 is 0. The minimum Gasteiger partial charge on any atom is -0.345 e. The van der Waals surface area contributed by atoms with Crippen LogP contribution >= 0.6 is 0 Å². The van der Waals surface area contributed by atoms with Crippen LogP contribution in [0.2, 0.25) is 0 Å². The largest absolute Gasteiger partial charge is 0.345 e. The molecular weight excluding hydrogens is 248 g/mol. The highest BCUT2D eigenvalue weighted by Crippen LogP contribution is 2.13. The molecule has 1 unspecified atom stereocenters. The van der Waals surface area contributed by atoms with Crippen molar-refractivity contribution in [2.24, 2.45) is 17.6 Å². The van der Waals surface area contributed by atoms with Gasteiger partial charge in [0.2, 0.25) is 5.91 Å². The highest BCUT2D eigenvalue weighted by atomic mass is 16.2. The topological polar surface area (TPSA) is 46.3 Å². The molecule has 0 aromatic heterocycles. The normalized spacial score (nSPS) is 12.4. The lowest BCUT2D eigenvalue weighted by Crippen LogP contribution is -2.38. The van der Waals surface area contributed by atoms with Crippen LogP contribution < -0.4 is 5.73 Å². The Bertz CT molecular complexity index is 389. The van der Waals surface area contributed by atoms with Gasteiger partial charge < -0.3 is 10.6 Å². The average Bonchev–Trinajstić information content (AvgIpc) is 2.44. The number of hydrogen-bond donors (Lipinski definition) is 1. The summed E-state index contributed by atoms with van der Waals surface area (Å²) in [7, 11) is 1.89. The van der Waals surface area contributed by atoms with Crippen LogP contribution in [0.15, 0.2) is 30.3 Å². The Hall–Kier alpha value is -1.35. The van der Waals surface area contributed by atoms with Crippen LogP contribution in [0.25, 0.3) is 0 Å². The summed E-state index contributed by atoms with van der Waals surface area (Å²) >= 11 is 0. The van der Waals surface area contributed by atoms with Crippen molar-refractivity contribution in [3.05, 3.63) is 35.9 Å². The standard InChI is InChI=1S/C17H28N2O/c1-14(2)12-16(13-18)17(20)19(3)11-7-10-15-8-5-4-6-9-15/h4-6,8-9,14,16H,7,10-13,18H2,1-3H3. The monoisotopic (exact) mass is 276 g/mol. The van der Waals surface area contributed by atoms with Gasteiger partial charge in [-0.25, -0.2) is 0 Å². The number of amides is 1. The second-order valence-electron chi connectivity index (χ2n) is 5.91. The maximum absolute atomic E-state index is 12.3. The first kappa shape index (κ1) is 16.7. The van der Waals surface area contributed by atoms with E-state index < -0.39 is 0 Å². The summed E-state index contributed by atoms with van der Waals surface area (Å²) in [6.07, 6.45) is 2.87. The van der Waals surface area contributed by atoms with Gasteiger partial charge in [0.1, 0.15) is 0 Å². The van der Waals surface area contributed by atoms with Crippen LogP contribution in [-0.4, -0.2) is 30.9 Å². The zero-order valence-electron chi connectivity index (χ0n) is 13.0. The molecule has 0 saturated heterocycles. The van der Waals surface area contributed by atoms with Crippen LogP contribution in [0.5, 0.6) is 0 Å². The molecule has 1 atom stereocenters. The van der Waals surface area contributed by atoms with Gasteiger partial charge in [-0.1, -0.05) is 44.2 Å². The van der Waals surface area contributed by atoms with Gasteiger partial charge in [0, 0.05) is 20.1 Å². The molecule has 0 radical (unpaired) electrons. The Labute approximate surface area is 123 Å². The van der Waals surface area contributed by atoms with Crippen molar-refractivity contribution in [1.29, 1.82) is 0 Å². The minimum absolute atomic E-state index is 0.0308. The van der Waals surface area contributed by atoms with Gasteiger partial charge in [-0.3, -0.25) is 4.79 Å². The first-order valence-corrected chi connectivity index (χ1v) is 7.53. The SMILES string of the molecule is CC(C)CC(CN)C(=O)N(C)CCCc1ccccc1. The Morgan fingerprint density at radius 3 is 2.45 bits per heavy atom. The molecule has 3 nitrogen and oxygen atoms in total. The molecule has 0 fully saturated rings. The van der Waals surface area contributed by atoms with Crippen molar-refractivity contribution in [3.8, 4) is 0 Å². The summed E-state index contributed by atoms with van der Waals surface area (Å²) in [6.45, 7) is 5.50. The number of hydrogen-bond acceptors (Lipinski definition) is 2. The van der Waals surface area contributed by atoms with Gasteiger partial charge in [0.05, 0.1) is 5.92 Å². The molecule has 0 aliphatic rings. The fraction of sp³-hybridized carbons (Fsp3) is 0.588. The molecule has 1 rings (SSSR count). The van der Waals surface area contributed by atoms with Gasteiger partial charge >= 0.3 is 0 Å². The molecule has 0 aliphatic heterocycles. The molecular formula is C17H28N2O. The predicted molar refractivity (Wildman–Crippen MR) is 84.4 cm³/mol. The van der Waals surface area contributed by atoms with Crippen LogP contribution in [-0.2, 0) is 11.2 Å². The number of carbonyl (C=O) groups excluding carboxylic acids is 1. The van der Waals surface area contributed by atoms with Crippen molar-refractivity contribution in [1.82, 2.24) is 4.90 Å². The molecule has 20 heavy (non-hydrogen) atoms. The zero-order chi connectivity index (χ0) is 15.0. The first-order valence-electron chi connectivity index (χ1n) is 7.53. The number of nitrogens with zero attached hydrogens (tertiary/aromatic N) is 1. The Morgan fingerprint density at radius 1 is 1.25 bits per heavy atom. The predicted octanol–water partition coefficient (Wildman–Crippen LogP) is 2.70. The third-order valence-corrected chi connectivity index (χ3v) is 3.57. The van der Waals surface area contributed by atoms with E-state index in [1.165, 1.54) is 5.56 Å². The van der Waals surface area contributed by atoms with Crippen molar-refractivity contribution >= 4 is 5.91 Å². The van der Waals surface area contributed by atoms with E-state index in [4.69, 9.17) is 5.73 Å². The van der Waals surface area contributed by atoms with Gasteiger partial charge in [0.15, 0.2) is 0 Å². The number of rotatable bonds is 8. The zero-order valence-corrected chi connectivity index (χ0v) is 13.0. The molecule has 0 spiro atoms. The van der Waals surface area contributed by atoms with E-state index in [-0.39, 0.29) is 11.8 Å². The number of nitrogens with two attached hydrogens (primary N) is 1. The Balaban J connectivity index is 2.37. The summed E-state index contributed by atoms with van der Waals surface area (Å²) in [5.41, 5.74) is 7.06. The van der Waals surface area contributed by atoms with Gasteiger partial charge in [-0.05, 0) is 30.7 Å². The maximum atomic E-state index is 12.3. The third-order valence-electron chi connectivity index (χ3n) is 3.57. The van der Waals surface area contributed by atoms with Crippen molar-refractivity contribution in [2.75, 3.05) is 20.1 Å². The van der Waals surface area contributed by atoms with Crippen LogP contribution in [0.1, 0.15) is 32.3 Å². The highest BCUT2D eigenvalue weighted by Gasteiger charge is 2.21. The van der Waals surface area contributed by atoms with Gasteiger partial charge in [0.25, 0.3) is 0 Å². The second-order valence-corrected chi connectivity index (χ2v) is 5.91. The lowest BCUT2D eigenvalue weighted by atomic mass is 9.96. The molecule has 1 amide bonds. The van der Waals surface area contributed by atoms with E-state index in [1.807, 2.05) is 18.0 Å². The molecule has 0 saturated carbocycles. The van der Waals surface area contributed by atoms with E-state index >= 15 is 0 Å². The second kappa shape index (κ2) is 8.75. The molecule has 0 bridgehead atoms. The van der Waals surface area contributed by atoms with Crippen molar-refractivity contribution in [3.63, 3.8) is 0 Å². The Kier molecular flexibility index (Phi) is 7.31.